The Bertz CT molecular complexity index is 572. The number of benzene rings is 1. The number of carbonyl (C=O) groups excluding carboxylic acids is 1. The molecule has 1 aromatic rings. The number of halogens is 1. The van der Waals surface area contributed by atoms with Crippen LogP contribution >= 0.6 is 15.9 Å². The Morgan fingerprint density at radius 1 is 1.24 bits per heavy atom. The second kappa shape index (κ2) is 9.07. The van der Waals surface area contributed by atoms with Gasteiger partial charge in [0.15, 0.2) is 0 Å². The maximum atomic E-state index is 12.8. The van der Waals surface area contributed by atoms with Crippen molar-refractivity contribution >= 4 is 21.8 Å². The van der Waals surface area contributed by atoms with Crippen molar-refractivity contribution in [3.63, 3.8) is 0 Å². The molecule has 1 aliphatic rings. The lowest BCUT2D eigenvalue weighted by Crippen LogP contribution is -2.39. The summed E-state index contributed by atoms with van der Waals surface area (Å²) in [5.41, 5.74) is 0.989. The van der Waals surface area contributed by atoms with Gasteiger partial charge < -0.3 is 10.1 Å². The number of rotatable bonds is 6. The zero-order valence-corrected chi connectivity index (χ0v) is 17.6. The van der Waals surface area contributed by atoms with E-state index in [-0.39, 0.29) is 11.9 Å². The van der Waals surface area contributed by atoms with E-state index in [9.17, 15) is 4.79 Å². The van der Waals surface area contributed by atoms with E-state index in [0.29, 0.717) is 23.3 Å². The largest absolute Gasteiger partial charge is 0.493 e. The average Bonchev–Trinajstić information content (AvgIpc) is 2.56. The minimum Gasteiger partial charge on any atom is -0.493 e. The third kappa shape index (κ3) is 6.02. The van der Waals surface area contributed by atoms with Crippen molar-refractivity contribution < 1.29 is 9.53 Å². The highest BCUT2D eigenvalue weighted by Crippen LogP contribution is 2.37. The molecule has 4 heteroatoms. The quantitative estimate of drug-likeness (QED) is 0.588. The highest BCUT2D eigenvalue weighted by molar-refractivity contribution is 9.10. The van der Waals surface area contributed by atoms with Gasteiger partial charge in [-0.15, -0.1) is 0 Å². The Balaban J connectivity index is 1.98. The molecule has 140 valence electrons. The molecule has 0 atom stereocenters. The fraction of sp³-hybridized carbons (Fsp3) is 0.667. The highest BCUT2D eigenvalue weighted by atomic mass is 79.9. The van der Waals surface area contributed by atoms with Gasteiger partial charge in [-0.3, -0.25) is 4.79 Å². The molecule has 0 spiro atoms. The third-order valence-corrected chi connectivity index (χ3v) is 5.72. The van der Waals surface area contributed by atoms with E-state index < -0.39 is 0 Å². The second-order valence-electron chi connectivity index (χ2n) is 8.23. The van der Waals surface area contributed by atoms with Crippen LogP contribution in [0.4, 0.5) is 0 Å². The first-order valence-corrected chi connectivity index (χ1v) is 10.3. The molecule has 0 unspecified atom stereocenters. The minimum absolute atomic E-state index is 0.0213. The van der Waals surface area contributed by atoms with Crippen molar-refractivity contribution in [2.24, 2.45) is 11.3 Å². The van der Waals surface area contributed by atoms with Crippen LogP contribution < -0.4 is 10.1 Å². The molecular weight excluding hydrogens is 378 g/mol. The summed E-state index contributed by atoms with van der Waals surface area (Å²) in [5, 5.41) is 3.23. The van der Waals surface area contributed by atoms with Gasteiger partial charge in [0.1, 0.15) is 5.75 Å². The maximum Gasteiger partial charge on any atom is 0.255 e. The molecule has 0 aliphatic heterocycles. The number of hydrogen-bond donors (Lipinski definition) is 1. The molecule has 2 rings (SSSR count). The fourth-order valence-electron chi connectivity index (χ4n) is 3.50. The topological polar surface area (TPSA) is 38.3 Å². The van der Waals surface area contributed by atoms with Gasteiger partial charge in [-0.1, -0.05) is 50.0 Å². The zero-order chi connectivity index (χ0) is 18.4. The van der Waals surface area contributed by atoms with E-state index >= 15 is 0 Å². The molecule has 1 fully saturated rings. The van der Waals surface area contributed by atoms with E-state index in [1.54, 1.807) is 0 Å². The molecule has 1 amide bonds. The van der Waals surface area contributed by atoms with Gasteiger partial charge in [-0.2, -0.15) is 0 Å². The summed E-state index contributed by atoms with van der Waals surface area (Å²) in [5.74, 6) is 1.41. The minimum atomic E-state index is -0.0213. The Morgan fingerprint density at radius 3 is 2.52 bits per heavy atom. The monoisotopic (exact) mass is 409 g/mol. The molecule has 1 aromatic carbocycles. The Labute approximate surface area is 161 Å². The smallest absolute Gasteiger partial charge is 0.255 e. The van der Waals surface area contributed by atoms with E-state index in [4.69, 9.17) is 4.74 Å². The van der Waals surface area contributed by atoms with E-state index in [1.807, 2.05) is 18.2 Å². The van der Waals surface area contributed by atoms with Crippen LogP contribution in [0.15, 0.2) is 22.7 Å². The zero-order valence-electron chi connectivity index (χ0n) is 16.0. The van der Waals surface area contributed by atoms with Crippen LogP contribution in [-0.2, 0) is 0 Å². The van der Waals surface area contributed by atoms with Crippen LogP contribution in [0.25, 0.3) is 0 Å². The van der Waals surface area contributed by atoms with Crippen molar-refractivity contribution in [2.75, 3.05) is 6.61 Å². The normalized spacial score (nSPS) is 21.0. The van der Waals surface area contributed by atoms with Crippen LogP contribution in [0.5, 0.6) is 5.75 Å². The fourth-order valence-corrected chi connectivity index (χ4v) is 3.86. The predicted octanol–water partition coefficient (Wildman–Crippen LogP) is 5.96. The number of carbonyl (C=O) groups is 1. The van der Waals surface area contributed by atoms with Gasteiger partial charge in [-0.05, 0) is 61.6 Å². The van der Waals surface area contributed by atoms with Crippen molar-refractivity contribution in [3.05, 3.63) is 28.2 Å². The Morgan fingerprint density at radius 2 is 1.92 bits per heavy atom. The lowest BCUT2D eigenvalue weighted by atomic mass is 9.71. The van der Waals surface area contributed by atoms with Gasteiger partial charge >= 0.3 is 0 Å². The van der Waals surface area contributed by atoms with Crippen molar-refractivity contribution in [3.8, 4) is 5.75 Å². The van der Waals surface area contributed by atoms with Gasteiger partial charge in [0.05, 0.1) is 12.2 Å². The summed E-state index contributed by atoms with van der Waals surface area (Å²) in [6.07, 6.45) is 6.57. The van der Waals surface area contributed by atoms with Crippen LogP contribution in [0.3, 0.4) is 0 Å². The second-order valence-corrected chi connectivity index (χ2v) is 9.15. The van der Waals surface area contributed by atoms with E-state index in [2.05, 4.69) is 48.9 Å². The van der Waals surface area contributed by atoms with Crippen LogP contribution in [0, 0.1) is 11.3 Å². The first kappa shape index (κ1) is 20.3. The maximum absolute atomic E-state index is 12.8. The van der Waals surface area contributed by atoms with Crippen molar-refractivity contribution in [2.45, 2.75) is 72.3 Å². The molecular formula is C21H32BrNO2. The molecule has 0 aromatic heterocycles. The standard InChI is InChI=1S/C21H32BrNO2/c1-5-6-13-25-19-12-9-16(22)14-18(19)20(24)23-17-10-7-15(8-11-17)21(2,3)4/h9,12,14-15,17H,5-8,10-11,13H2,1-4H3,(H,23,24). The SMILES string of the molecule is CCCCOc1ccc(Br)cc1C(=O)NC1CCC(C(C)(C)C)CC1. The summed E-state index contributed by atoms with van der Waals surface area (Å²) in [6.45, 7) is 9.73. The predicted molar refractivity (Wildman–Crippen MR) is 107 cm³/mol. The molecule has 1 N–H and O–H groups in total. The van der Waals surface area contributed by atoms with Crippen LogP contribution in [-0.4, -0.2) is 18.6 Å². The molecule has 1 saturated carbocycles. The number of nitrogens with one attached hydrogen (secondary N) is 1. The third-order valence-electron chi connectivity index (χ3n) is 5.23. The summed E-state index contributed by atoms with van der Waals surface area (Å²) in [4.78, 5) is 12.8. The van der Waals surface area contributed by atoms with Crippen molar-refractivity contribution in [1.29, 1.82) is 0 Å². The van der Waals surface area contributed by atoms with Crippen LogP contribution in [0.2, 0.25) is 0 Å². The first-order chi connectivity index (χ1) is 11.8. The van der Waals surface area contributed by atoms with Gasteiger partial charge in [0.25, 0.3) is 5.91 Å². The van der Waals surface area contributed by atoms with Gasteiger partial charge in [0.2, 0.25) is 0 Å². The van der Waals surface area contributed by atoms with E-state index in [0.717, 1.165) is 36.1 Å². The summed E-state index contributed by atoms with van der Waals surface area (Å²) >= 11 is 3.47. The lowest BCUT2D eigenvalue weighted by Gasteiger charge is -2.37. The molecule has 1 aliphatic carbocycles. The van der Waals surface area contributed by atoms with Gasteiger partial charge in [0, 0.05) is 10.5 Å². The number of amides is 1. The highest BCUT2D eigenvalue weighted by Gasteiger charge is 2.30. The average molecular weight is 410 g/mol. The van der Waals surface area contributed by atoms with E-state index in [1.165, 1.54) is 12.8 Å². The van der Waals surface area contributed by atoms with Gasteiger partial charge in [-0.25, -0.2) is 0 Å². The summed E-state index contributed by atoms with van der Waals surface area (Å²) in [7, 11) is 0. The summed E-state index contributed by atoms with van der Waals surface area (Å²) < 4.78 is 6.72. The molecule has 0 saturated heterocycles. The number of unbranched alkanes of at least 4 members (excludes halogenated alkanes) is 1. The van der Waals surface area contributed by atoms with Crippen molar-refractivity contribution in [1.82, 2.24) is 5.32 Å². The number of hydrogen-bond acceptors (Lipinski definition) is 2. The molecule has 3 nitrogen and oxygen atoms in total. The Hall–Kier alpha value is -1.03. The molecule has 0 bridgehead atoms. The lowest BCUT2D eigenvalue weighted by molar-refractivity contribution is 0.0900. The Kier molecular flexibility index (Phi) is 7.36. The van der Waals surface area contributed by atoms with Crippen LogP contribution in [0.1, 0.15) is 76.6 Å². The molecule has 0 heterocycles. The molecule has 25 heavy (non-hydrogen) atoms. The molecule has 0 radical (unpaired) electrons. The first-order valence-electron chi connectivity index (χ1n) is 9.54. The number of ether oxygens (including phenoxy) is 1. The summed E-state index contributed by atoms with van der Waals surface area (Å²) in [6, 6.07) is 5.93.